The molecule has 1 aromatic carbocycles. The number of nitriles is 1. The minimum atomic E-state index is -0.984. The molecule has 0 aromatic heterocycles. The number of nitrogens with zero attached hydrogens (tertiary/aromatic N) is 1. The predicted octanol–water partition coefficient (Wildman–Crippen LogP) is 1.84. The van der Waals surface area contributed by atoms with Crippen molar-refractivity contribution in [3.05, 3.63) is 30.1 Å². The summed E-state index contributed by atoms with van der Waals surface area (Å²) in [6.07, 6.45) is 1.90. The lowest BCUT2D eigenvalue weighted by Crippen LogP contribution is -2.46. The van der Waals surface area contributed by atoms with Gasteiger partial charge in [0, 0.05) is 0 Å². The van der Waals surface area contributed by atoms with E-state index in [1.165, 1.54) is 12.1 Å². The highest BCUT2D eigenvalue weighted by Crippen LogP contribution is 2.38. The van der Waals surface area contributed by atoms with E-state index in [0.29, 0.717) is 0 Å². The van der Waals surface area contributed by atoms with Gasteiger partial charge in [-0.15, -0.1) is 0 Å². The molecule has 0 aliphatic heterocycles. The predicted molar refractivity (Wildman–Crippen MR) is 57.2 cm³/mol. The Morgan fingerprint density at radius 2 is 2.19 bits per heavy atom. The summed E-state index contributed by atoms with van der Waals surface area (Å²) >= 11 is 0. The first kappa shape index (κ1) is 10.9. The molecule has 2 rings (SSSR count). The number of hydrogen-bond donors (Lipinski definition) is 1. The van der Waals surface area contributed by atoms with Crippen molar-refractivity contribution in [2.45, 2.75) is 18.4 Å². The van der Waals surface area contributed by atoms with Crippen LogP contribution in [0.4, 0.5) is 4.39 Å². The summed E-state index contributed by atoms with van der Waals surface area (Å²) in [6, 6.07) is 8.17. The van der Waals surface area contributed by atoms with Crippen LogP contribution < -0.4 is 10.5 Å². The maximum atomic E-state index is 13.2. The quantitative estimate of drug-likeness (QED) is 0.842. The highest BCUT2D eigenvalue weighted by molar-refractivity contribution is 5.24. The van der Waals surface area contributed by atoms with Crippen LogP contribution >= 0.6 is 0 Å². The summed E-state index contributed by atoms with van der Waals surface area (Å²) in [5.74, 6) is -0.101. The molecule has 2 N–H and O–H groups in total. The summed E-state index contributed by atoms with van der Waals surface area (Å²) in [6.45, 7) is 0.0368. The molecule has 0 saturated heterocycles. The van der Waals surface area contributed by atoms with Crippen molar-refractivity contribution in [1.29, 1.82) is 5.26 Å². The molecule has 0 heterocycles. The van der Waals surface area contributed by atoms with Crippen molar-refractivity contribution in [2.75, 3.05) is 6.61 Å². The molecular formula is C12H13FN2O. The second kappa shape index (κ2) is 4.11. The second-order valence-corrected chi connectivity index (χ2v) is 4.15. The molecule has 1 atom stereocenters. The van der Waals surface area contributed by atoms with Crippen LogP contribution in [0.5, 0.6) is 5.75 Å². The zero-order valence-corrected chi connectivity index (χ0v) is 8.82. The van der Waals surface area contributed by atoms with Crippen molar-refractivity contribution in [2.24, 2.45) is 11.7 Å². The third-order valence-electron chi connectivity index (χ3n) is 2.82. The molecule has 3 nitrogen and oxygen atoms in total. The van der Waals surface area contributed by atoms with Crippen molar-refractivity contribution < 1.29 is 9.13 Å². The lowest BCUT2D eigenvalue weighted by molar-refractivity contribution is 0.228. The van der Waals surface area contributed by atoms with Crippen LogP contribution in [-0.2, 0) is 0 Å². The normalized spacial score (nSPS) is 18.6. The zero-order chi connectivity index (χ0) is 11.6. The van der Waals surface area contributed by atoms with Crippen molar-refractivity contribution in [3.8, 4) is 11.8 Å². The Bertz CT molecular complexity index is 425. The highest BCUT2D eigenvalue weighted by Gasteiger charge is 2.43. The zero-order valence-electron chi connectivity index (χ0n) is 8.82. The number of halogens is 1. The van der Waals surface area contributed by atoms with Crippen LogP contribution in [0.1, 0.15) is 12.8 Å². The summed E-state index contributed by atoms with van der Waals surface area (Å²) < 4.78 is 18.5. The van der Waals surface area contributed by atoms with E-state index in [-0.39, 0.29) is 18.3 Å². The van der Waals surface area contributed by atoms with E-state index in [2.05, 4.69) is 6.07 Å². The molecule has 1 fully saturated rings. The lowest BCUT2D eigenvalue weighted by Gasteiger charge is -2.21. The summed E-state index contributed by atoms with van der Waals surface area (Å²) in [5.41, 5.74) is 4.91. The van der Waals surface area contributed by atoms with Gasteiger partial charge in [0.1, 0.15) is 12.1 Å². The minimum Gasteiger partial charge on any atom is -0.487 e. The fourth-order valence-corrected chi connectivity index (χ4v) is 1.60. The Balaban J connectivity index is 2.02. The van der Waals surface area contributed by atoms with Gasteiger partial charge in [0.05, 0.1) is 6.07 Å². The van der Waals surface area contributed by atoms with Gasteiger partial charge in [0.15, 0.2) is 11.6 Å². The van der Waals surface area contributed by atoms with Gasteiger partial charge in [-0.1, -0.05) is 12.1 Å². The van der Waals surface area contributed by atoms with E-state index in [1.54, 1.807) is 12.1 Å². The van der Waals surface area contributed by atoms with Gasteiger partial charge in [-0.3, -0.25) is 0 Å². The van der Waals surface area contributed by atoms with E-state index >= 15 is 0 Å². The van der Waals surface area contributed by atoms with Gasteiger partial charge in [0.25, 0.3) is 0 Å². The first-order valence-corrected chi connectivity index (χ1v) is 5.23. The topological polar surface area (TPSA) is 59.0 Å². The van der Waals surface area contributed by atoms with E-state index < -0.39 is 11.4 Å². The van der Waals surface area contributed by atoms with Gasteiger partial charge in [-0.05, 0) is 30.9 Å². The van der Waals surface area contributed by atoms with Gasteiger partial charge in [-0.2, -0.15) is 5.26 Å². The van der Waals surface area contributed by atoms with Gasteiger partial charge < -0.3 is 10.5 Å². The SMILES string of the molecule is N#CC(N)(COc1ccccc1F)C1CC1. The van der Waals surface area contributed by atoms with Crippen molar-refractivity contribution in [3.63, 3.8) is 0 Å². The maximum Gasteiger partial charge on any atom is 0.165 e. The molecule has 0 amide bonds. The summed E-state index contributed by atoms with van der Waals surface area (Å²) in [7, 11) is 0. The number of para-hydroxylation sites is 1. The van der Waals surface area contributed by atoms with Gasteiger partial charge in [-0.25, -0.2) is 4.39 Å². The third-order valence-corrected chi connectivity index (χ3v) is 2.82. The first-order chi connectivity index (χ1) is 7.65. The fourth-order valence-electron chi connectivity index (χ4n) is 1.60. The van der Waals surface area contributed by atoms with E-state index in [4.69, 9.17) is 15.7 Å². The largest absolute Gasteiger partial charge is 0.487 e. The molecule has 1 saturated carbocycles. The van der Waals surface area contributed by atoms with Gasteiger partial charge in [0.2, 0.25) is 0 Å². The Hall–Kier alpha value is -1.60. The molecule has 1 unspecified atom stereocenters. The molecule has 16 heavy (non-hydrogen) atoms. The highest BCUT2D eigenvalue weighted by atomic mass is 19.1. The molecule has 0 spiro atoms. The monoisotopic (exact) mass is 220 g/mol. The van der Waals surface area contributed by atoms with E-state index in [9.17, 15) is 4.39 Å². The average molecular weight is 220 g/mol. The molecule has 4 heteroatoms. The number of nitrogens with two attached hydrogens (primary N) is 1. The summed E-state index contributed by atoms with van der Waals surface area (Å²) in [4.78, 5) is 0. The second-order valence-electron chi connectivity index (χ2n) is 4.15. The van der Waals surface area contributed by atoms with Gasteiger partial charge >= 0.3 is 0 Å². The van der Waals surface area contributed by atoms with Crippen LogP contribution in [0.25, 0.3) is 0 Å². The van der Waals surface area contributed by atoms with Crippen molar-refractivity contribution in [1.82, 2.24) is 0 Å². The maximum absolute atomic E-state index is 13.2. The molecule has 1 aliphatic rings. The van der Waals surface area contributed by atoms with Crippen LogP contribution in [0, 0.1) is 23.1 Å². The molecule has 1 aliphatic carbocycles. The van der Waals surface area contributed by atoms with Crippen LogP contribution in [0.15, 0.2) is 24.3 Å². The molecule has 0 radical (unpaired) electrons. The smallest absolute Gasteiger partial charge is 0.165 e. The molecular weight excluding hydrogens is 207 g/mol. The fraction of sp³-hybridized carbons (Fsp3) is 0.417. The van der Waals surface area contributed by atoms with Crippen LogP contribution in [-0.4, -0.2) is 12.1 Å². The number of rotatable bonds is 4. The number of hydrogen-bond acceptors (Lipinski definition) is 3. The van der Waals surface area contributed by atoms with E-state index in [1.807, 2.05) is 0 Å². The third kappa shape index (κ3) is 2.15. The Morgan fingerprint density at radius 1 is 1.50 bits per heavy atom. The van der Waals surface area contributed by atoms with Crippen LogP contribution in [0.3, 0.4) is 0 Å². The Morgan fingerprint density at radius 3 is 2.75 bits per heavy atom. The molecule has 84 valence electrons. The lowest BCUT2D eigenvalue weighted by atomic mass is 9.98. The van der Waals surface area contributed by atoms with Crippen LogP contribution in [0.2, 0.25) is 0 Å². The van der Waals surface area contributed by atoms with E-state index in [0.717, 1.165) is 12.8 Å². The Labute approximate surface area is 93.6 Å². The molecule has 0 bridgehead atoms. The molecule has 1 aromatic rings. The standard InChI is InChI=1S/C12H13FN2O/c13-10-3-1-2-4-11(10)16-8-12(15,7-14)9-5-6-9/h1-4,9H,5-6,8,15H2. The number of benzene rings is 1. The number of ether oxygens (including phenoxy) is 1. The van der Waals surface area contributed by atoms with Crippen molar-refractivity contribution >= 4 is 0 Å². The Kier molecular flexibility index (Phi) is 2.80. The average Bonchev–Trinajstić information content (AvgIpc) is 3.12. The minimum absolute atomic E-state index is 0.0368. The first-order valence-electron chi connectivity index (χ1n) is 5.23. The summed E-state index contributed by atoms with van der Waals surface area (Å²) in [5, 5.41) is 8.99.